The Kier molecular flexibility index (Phi) is 12.6. The van der Waals surface area contributed by atoms with E-state index >= 15 is 0 Å². The number of aryl methyl sites for hydroxylation is 1. The second kappa shape index (κ2) is 14.6. The maximum Gasteiger partial charge on any atom is 0.408 e. The van der Waals surface area contributed by atoms with Crippen LogP contribution in [-0.4, -0.2) is 59.3 Å². The Morgan fingerprint density at radius 2 is 1.76 bits per heavy atom. The number of unbranched alkanes of at least 4 members (excludes halogenated alkanes) is 3. The lowest BCUT2D eigenvalue weighted by atomic mass is 10.0. The molecule has 0 bridgehead atoms. The Morgan fingerprint density at radius 3 is 2.32 bits per heavy atom. The summed E-state index contributed by atoms with van der Waals surface area (Å²) in [6.07, 6.45) is 3.57. The molecule has 0 spiro atoms. The maximum absolute atomic E-state index is 13.6. The summed E-state index contributed by atoms with van der Waals surface area (Å²) in [6, 6.07) is 5.38. The number of ether oxygens (including phenoxy) is 1. The van der Waals surface area contributed by atoms with E-state index < -0.39 is 36.3 Å². The number of rotatable bonds is 13. The van der Waals surface area contributed by atoms with Crippen molar-refractivity contribution in [1.29, 1.82) is 0 Å². The normalized spacial score (nSPS) is 13.0. The Hall–Kier alpha value is -2.61. The van der Waals surface area contributed by atoms with Gasteiger partial charge in [-0.1, -0.05) is 62.9 Å². The molecular weight excluding hydrogens is 434 g/mol. The molecule has 192 valence electrons. The van der Waals surface area contributed by atoms with Crippen LogP contribution in [0.1, 0.15) is 83.9 Å². The van der Waals surface area contributed by atoms with Gasteiger partial charge in [0, 0.05) is 13.1 Å². The standard InChI is InChI=1S/C26H43N3O5/c1-7-9-11-15-27-23(31)22(20-14-12-13-19(3)17-20)29(16-10-8-2)24(32)21(18-30)28-25(33)34-26(4,5)6/h12-14,17,21-22,30H,7-11,15-16,18H2,1-6H3,(H,27,31)(H,28,33). The monoisotopic (exact) mass is 477 g/mol. The number of aliphatic hydroxyl groups is 1. The molecule has 8 heteroatoms. The molecule has 0 aliphatic heterocycles. The van der Waals surface area contributed by atoms with Crippen molar-refractivity contribution < 1.29 is 24.2 Å². The lowest BCUT2D eigenvalue weighted by molar-refractivity contribution is -0.143. The van der Waals surface area contributed by atoms with Crippen molar-refractivity contribution >= 4 is 17.9 Å². The number of alkyl carbamates (subject to hydrolysis) is 1. The van der Waals surface area contributed by atoms with Crippen molar-refractivity contribution in [2.75, 3.05) is 19.7 Å². The van der Waals surface area contributed by atoms with Crippen LogP contribution in [0, 0.1) is 6.92 Å². The van der Waals surface area contributed by atoms with E-state index in [0.29, 0.717) is 25.1 Å². The van der Waals surface area contributed by atoms with Crippen LogP contribution in [0.5, 0.6) is 0 Å². The average Bonchev–Trinajstić information content (AvgIpc) is 2.76. The van der Waals surface area contributed by atoms with Gasteiger partial charge in [0.25, 0.3) is 0 Å². The number of amides is 3. The van der Waals surface area contributed by atoms with Gasteiger partial charge in [0.05, 0.1) is 6.61 Å². The van der Waals surface area contributed by atoms with Crippen LogP contribution in [-0.2, 0) is 14.3 Å². The van der Waals surface area contributed by atoms with Gasteiger partial charge in [0.2, 0.25) is 11.8 Å². The Labute approximate surface area is 204 Å². The zero-order valence-corrected chi connectivity index (χ0v) is 21.6. The third kappa shape index (κ3) is 10.1. The molecule has 1 aromatic carbocycles. The minimum atomic E-state index is -1.23. The van der Waals surface area contributed by atoms with E-state index in [4.69, 9.17) is 4.74 Å². The largest absolute Gasteiger partial charge is 0.444 e. The first kappa shape index (κ1) is 29.4. The average molecular weight is 478 g/mol. The van der Waals surface area contributed by atoms with Gasteiger partial charge in [-0.3, -0.25) is 9.59 Å². The highest BCUT2D eigenvalue weighted by atomic mass is 16.6. The molecule has 0 fully saturated rings. The SMILES string of the molecule is CCCCCNC(=O)C(c1cccc(C)c1)N(CCCC)C(=O)C(CO)NC(=O)OC(C)(C)C. The quantitative estimate of drug-likeness (QED) is 0.374. The number of benzene rings is 1. The summed E-state index contributed by atoms with van der Waals surface area (Å²) in [6.45, 7) is 11.4. The van der Waals surface area contributed by atoms with Crippen molar-refractivity contribution in [3.63, 3.8) is 0 Å². The number of nitrogens with one attached hydrogen (secondary N) is 2. The molecule has 0 saturated carbocycles. The minimum Gasteiger partial charge on any atom is -0.444 e. The highest BCUT2D eigenvalue weighted by Crippen LogP contribution is 2.24. The zero-order chi connectivity index (χ0) is 25.7. The maximum atomic E-state index is 13.6. The van der Waals surface area contributed by atoms with Gasteiger partial charge in [-0.05, 0) is 46.1 Å². The van der Waals surface area contributed by atoms with Crippen molar-refractivity contribution in [2.45, 2.75) is 91.3 Å². The van der Waals surface area contributed by atoms with Crippen LogP contribution in [0.3, 0.4) is 0 Å². The number of carbonyl (C=O) groups excluding carboxylic acids is 3. The topological polar surface area (TPSA) is 108 Å². The second-order valence-electron chi connectivity index (χ2n) is 9.58. The fourth-order valence-electron chi connectivity index (χ4n) is 3.53. The van der Waals surface area contributed by atoms with Gasteiger partial charge in [-0.15, -0.1) is 0 Å². The van der Waals surface area contributed by atoms with Gasteiger partial charge in [-0.25, -0.2) is 4.79 Å². The number of carbonyl (C=O) groups is 3. The summed E-state index contributed by atoms with van der Waals surface area (Å²) in [5.41, 5.74) is 0.901. The number of nitrogens with zero attached hydrogens (tertiary/aromatic N) is 1. The summed E-state index contributed by atoms with van der Waals surface area (Å²) >= 11 is 0. The third-order valence-corrected chi connectivity index (χ3v) is 5.20. The minimum absolute atomic E-state index is 0.278. The van der Waals surface area contributed by atoms with E-state index in [1.165, 1.54) is 4.90 Å². The van der Waals surface area contributed by atoms with Crippen LogP contribution in [0.4, 0.5) is 4.79 Å². The van der Waals surface area contributed by atoms with Gasteiger partial charge in [0.15, 0.2) is 0 Å². The van der Waals surface area contributed by atoms with E-state index in [-0.39, 0.29) is 5.91 Å². The van der Waals surface area contributed by atoms with Crippen LogP contribution in [0.15, 0.2) is 24.3 Å². The Morgan fingerprint density at radius 1 is 1.09 bits per heavy atom. The fraction of sp³-hybridized carbons (Fsp3) is 0.654. The first-order valence-corrected chi connectivity index (χ1v) is 12.3. The Balaban J connectivity index is 3.27. The molecule has 0 aliphatic rings. The van der Waals surface area contributed by atoms with Crippen molar-refractivity contribution in [1.82, 2.24) is 15.5 Å². The third-order valence-electron chi connectivity index (χ3n) is 5.20. The smallest absolute Gasteiger partial charge is 0.408 e. The Bertz CT molecular complexity index is 791. The van der Waals surface area contributed by atoms with Crippen molar-refractivity contribution in [3.8, 4) is 0 Å². The molecule has 3 amide bonds. The number of aliphatic hydroxyl groups excluding tert-OH is 1. The van der Waals surface area contributed by atoms with Crippen LogP contribution < -0.4 is 10.6 Å². The summed E-state index contributed by atoms with van der Waals surface area (Å²) in [5, 5.41) is 15.4. The van der Waals surface area contributed by atoms with Gasteiger partial charge < -0.3 is 25.4 Å². The highest BCUT2D eigenvalue weighted by molar-refractivity contribution is 5.92. The van der Waals surface area contributed by atoms with Gasteiger partial charge >= 0.3 is 6.09 Å². The summed E-state index contributed by atoms with van der Waals surface area (Å²) in [5.74, 6) is -0.808. The number of hydrogen-bond donors (Lipinski definition) is 3. The van der Waals surface area contributed by atoms with E-state index in [1.807, 2.05) is 38.1 Å². The van der Waals surface area contributed by atoms with Crippen LogP contribution in [0.25, 0.3) is 0 Å². The molecular formula is C26H43N3O5. The number of hydrogen-bond acceptors (Lipinski definition) is 5. The van der Waals surface area contributed by atoms with Crippen molar-refractivity contribution in [3.05, 3.63) is 35.4 Å². The molecule has 0 saturated heterocycles. The first-order valence-electron chi connectivity index (χ1n) is 12.3. The molecule has 2 atom stereocenters. The molecule has 0 aliphatic carbocycles. The summed E-state index contributed by atoms with van der Waals surface area (Å²) in [7, 11) is 0. The fourth-order valence-corrected chi connectivity index (χ4v) is 3.53. The predicted molar refractivity (Wildman–Crippen MR) is 133 cm³/mol. The van der Waals surface area contributed by atoms with E-state index in [1.54, 1.807) is 20.8 Å². The van der Waals surface area contributed by atoms with E-state index in [2.05, 4.69) is 17.6 Å². The lowest BCUT2D eigenvalue weighted by Crippen LogP contribution is -2.54. The first-order chi connectivity index (χ1) is 16.0. The summed E-state index contributed by atoms with van der Waals surface area (Å²) < 4.78 is 5.25. The van der Waals surface area contributed by atoms with Crippen LogP contribution in [0.2, 0.25) is 0 Å². The van der Waals surface area contributed by atoms with Crippen molar-refractivity contribution in [2.24, 2.45) is 0 Å². The molecule has 8 nitrogen and oxygen atoms in total. The van der Waals surface area contributed by atoms with E-state index in [9.17, 15) is 19.5 Å². The second-order valence-corrected chi connectivity index (χ2v) is 9.58. The lowest BCUT2D eigenvalue weighted by Gasteiger charge is -2.34. The van der Waals surface area contributed by atoms with E-state index in [0.717, 1.165) is 31.2 Å². The van der Waals surface area contributed by atoms with Gasteiger partial charge in [0.1, 0.15) is 17.7 Å². The predicted octanol–water partition coefficient (Wildman–Crippen LogP) is 3.86. The summed E-state index contributed by atoms with van der Waals surface area (Å²) in [4.78, 5) is 40.7. The molecule has 34 heavy (non-hydrogen) atoms. The molecule has 1 rings (SSSR count). The molecule has 3 N–H and O–H groups in total. The molecule has 0 heterocycles. The molecule has 0 aromatic heterocycles. The molecule has 2 unspecified atom stereocenters. The molecule has 1 aromatic rings. The highest BCUT2D eigenvalue weighted by Gasteiger charge is 2.35. The van der Waals surface area contributed by atoms with Gasteiger partial charge in [-0.2, -0.15) is 0 Å². The zero-order valence-electron chi connectivity index (χ0n) is 21.6. The molecule has 0 radical (unpaired) electrons. The van der Waals surface area contributed by atoms with Crippen LogP contribution >= 0.6 is 0 Å².